The topological polar surface area (TPSA) is 0 Å². The lowest BCUT2D eigenvalue weighted by atomic mass is 9.82. The predicted octanol–water partition coefficient (Wildman–Crippen LogP) is 11.3. The number of hydrogen-bond donors (Lipinski definition) is 0. The molecule has 0 aliphatic rings. The molecule has 1 atom stereocenters. The van der Waals surface area contributed by atoms with Crippen LogP contribution in [-0.4, -0.2) is 0 Å². The van der Waals surface area contributed by atoms with Gasteiger partial charge in [-0.25, -0.2) is 0 Å². The molecule has 0 radical (unpaired) electrons. The number of rotatable bonds is 9. The molecule has 6 rings (SSSR count). The lowest BCUT2D eigenvalue weighted by Crippen LogP contribution is -2.04. The van der Waals surface area contributed by atoms with Gasteiger partial charge in [-0.05, 0) is 102 Å². The van der Waals surface area contributed by atoms with Crippen LogP contribution in [0.3, 0.4) is 0 Å². The minimum absolute atomic E-state index is 0.152. The van der Waals surface area contributed by atoms with Crippen molar-refractivity contribution in [3.63, 3.8) is 0 Å². The Morgan fingerprint density at radius 1 is 0.442 bits per heavy atom. The standard InChI is InChI=1S/C43H40/c1-31-17-21-35(22-18-31)36-25-27-39(28-26-36)43(38-14-8-5-9-15-38)40-24-20-33(3)41(30-40)42-29-32(2)19-23-37(42)16-10-13-34-11-6-4-7-12-34/h4-9,11-12,14-15,17-30,43H,10,13,16H2,1-3H3. The smallest absolute Gasteiger partial charge is 0.0340 e. The molecule has 0 aliphatic carbocycles. The van der Waals surface area contributed by atoms with Crippen LogP contribution in [0.15, 0.2) is 146 Å². The van der Waals surface area contributed by atoms with E-state index < -0.39 is 0 Å². The molecule has 0 heteroatoms. The van der Waals surface area contributed by atoms with E-state index in [2.05, 4.69) is 166 Å². The van der Waals surface area contributed by atoms with Gasteiger partial charge in [-0.1, -0.05) is 151 Å². The Morgan fingerprint density at radius 3 is 1.72 bits per heavy atom. The third-order valence-electron chi connectivity index (χ3n) is 8.67. The summed E-state index contributed by atoms with van der Waals surface area (Å²) in [5, 5.41) is 0. The number of aryl methyl sites for hydroxylation is 5. The fourth-order valence-corrected chi connectivity index (χ4v) is 6.23. The van der Waals surface area contributed by atoms with Gasteiger partial charge in [0.15, 0.2) is 0 Å². The highest BCUT2D eigenvalue weighted by Crippen LogP contribution is 2.37. The van der Waals surface area contributed by atoms with E-state index in [-0.39, 0.29) is 5.92 Å². The highest BCUT2D eigenvalue weighted by Gasteiger charge is 2.19. The lowest BCUT2D eigenvalue weighted by Gasteiger charge is -2.22. The minimum Gasteiger partial charge on any atom is -0.0622 e. The first-order valence-electron chi connectivity index (χ1n) is 15.5. The molecule has 0 heterocycles. The van der Waals surface area contributed by atoms with Crippen molar-refractivity contribution in [1.29, 1.82) is 0 Å². The van der Waals surface area contributed by atoms with E-state index in [0.717, 1.165) is 19.3 Å². The summed E-state index contributed by atoms with van der Waals surface area (Å²) in [6.45, 7) is 6.60. The average molecular weight is 557 g/mol. The van der Waals surface area contributed by atoms with Crippen LogP contribution in [0.25, 0.3) is 22.3 Å². The molecule has 0 N–H and O–H groups in total. The van der Waals surface area contributed by atoms with E-state index in [1.54, 1.807) is 0 Å². The number of hydrogen-bond acceptors (Lipinski definition) is 0. The first-order valence-corrected chi connectivity index (χ1v) is 15.5. The second kappa shape index (κ2) is 13.1. The van der Waals surface area contributed by atoms with Crippen molar-refractivity contribution in [2.45, 2.75) is 46.0 Å². The van der Waals surface area contributed by atoms with Crippen LogP contribution in [0.5, 0.6) is 0 Å². The van der Waals surface area contributed by atoms with Crippen molar-refractivity contribution in [2.24, 2.45) is 0 Å². The fraction of sp³-hybridized carbons (Fsp3) is 0.163. The Kier molecular flexibility index (Phi) is 8.66. The van der Waals surface area contributed by atoms with Gasteiger partial charge in [-0.2, -0.15) is 0 Å². The van der Waals surface area contributed by atoms with Crippen LogP contribution in [0, 0.1) is 20.8 Å². The molecule has 0 spiro atoms. The normalized spacial score (nSPS) is 11.8. The van der Waals surface area contributed by atoms with E-state index in [0.29, 0.717) is 0 Å². The monoisotopic (exact) mass is 556 g/mol. The minimum atomic E-state index is 0.152. The van der Waals surface area contributed by atoms with Gasteiger partial charge in [-0.15, -0.1) is 0 Å². The molecule has 0 bridgehead atoms. The van der Waals surface area contributed by atoms with E-state index in [4.69, 9.17) is 0 Å². The van der Waals surface area contributed by atoms with Gasteiger partial charge in [-0.3, -0.25) is 0 Å². The van der Waals surface area contributed by atoms with Gasteiger partial charge < -0.3 is 0 Å². The highest BCUT2D eigenvalue weighted by molar-refractivity contribution is 5.73. The third kappa shape index (κ3) is 6.71. The maximum atomic E-state index is 2.45. The molecule has 0 aliphatic heterocycles. The molecular formula is C43H40. The first kappa shape index (κ1) is 28.4. The van der Waals surface area contributed by atoms with Crippen LogP contribution < -0.4 is 0 Å². The molecule has 43 heavy (non-hydrogen) atoms. The summed E-state index contributed by atoms with van der Waals surface area (Å²) in [6.07, 6.45) is 3.30. The van der Waals surface area contributed by atoms with Crippen LogP contribution in [0.4, 0.5) is 0 Å². The van der Waals surface area contributed by atoms with Crippen LogP contribution >= 0.6 is 0 Å². The Labute approximate surface area is 257 Å². The molecule has 0 saturated carbocycles. The van der Waals surface area contributed by atoms with Crippen molar-refractivity contribution < 1.29 is 0 Å². The zero-order valence-corrected chi connectivity index (χ0v) is 25.6. The second-order valence-electron chi connectivity index (χ2n) is 11.9. The molecule has 0 fully saturated rings. The summed E-state index contributed by atoms with van der Waals surface area (Å²) in [5.74, 6) is 0.152. The van der Waals surface area contributed by atoms with Crippen molar-refractivity contribution >= 4 is 0 Å². The summed E-state index contributed by atoms with van der Waals surface area (Å²) >= 11 is 0. The molecule has 0 aromatic heterocycles. The van der Waals surface area contributed by atoms with Gasteiger partial charge >= 0.3 is 0 Å². The van der Waals surface area contributed by atoms with Crippen molar-refractivity contribution in [3.8, 4) is 22.3 Å². The molecule has 0 saturated heterocycles. The average Bonchev–Trinajstić information content (AvgIpc) is 3.04. The van der Waals surface area contributed by atoms with E-state index in [9.17, 15) is 0 Å². The lowest BCUT2D eigenvalue weighted by molar-refractivity contribution is 0.821. The largest absolute Gasteiger partial charge is 0.0622 e. The van der Waals surface area contributed by atoms with Crippen molar-refractivity contribution in [1.82, 2.24) is 0 Å². The van der Waals surface area contributed by atoms with Gasteiger partial charge in [0.1, 0.15) is 0 Å². The molecule has 1 unspecified atom stereocenters. The first-order chi connectivity index (χ1) is 21.0. The summed E-state index contributed by atoms with van der Waals surface area (Å²) in [6, 6.07) is 53.9. The van der Waals surface area contributed by atoms with Gasteiger partial charge in [0.2, 0.25) is 0 Å². The molecule has 212 valence electrons. The maximum Gasteiger partial charge on any atom is 0.0340 e. The van der Waals surface area contributed by atoms with Gasteiger partial charge in [0.05, 0.1) is 0 Å². The van der Waals surface area contributed by atoms with Gasteiger partial charge in [0.25, 0.3) is 0 Å². The van der Waals surface area contributed by atoms with Gasteiger partial charge in [0, 0.05) is 5.92 Å². The number of benzene rings is 6. The zero-order valence-electron chi connectivity index (χ0n) is 25.6. The molecule has 0 nitrogen and oxygen atoms in total. The molecule has 6 aromatic carbocycles. The Morgan fingerprint density at radius 2 is 1.02 bits per heavy atom. The van der Waals surface area contributed by atoms with E-state index in [1.165, 1.54) is 66.8 Å². The quantitative estimate of drug-likeness (QED) is 0.155. The third-order valence-corrected chi connectivity index (χ3v) is 8.67. The van der Waals surface area contributed by atoms with Crippen LogP contribution in [-0.2, 0) is 12.8 Å². The maximum absolute atomic E-state index is 2.45. The summed E-state index contributed by atoms with van der Waals surface area (Å²) in [5.41, 5.74) is 15.9. The fourth-order valence-electron chi connectivity index (χ4n) is 6.23. The molecular weight excluding hydrogens is 516 g/mol. The van der Waals surface area contributed by atoms with E-state index in [1.807, 2.05) is 0 Å². The van der Waals surface area contributed by atoms with Crippen molar-refractivity contribution in [3.05, 3.63) is 190 Å². The summed E-state index contributed by atoms with van der Waals surface area (Å²) < 4.78 is 0. The zero-order chi connectivity index (χ0) is 29.6. The van der Waals surface area contributed by atoms with Crippen molar-refractivity contribution in [2.75, 3.05) is 0 Å². The molecule has 0 amide bonds. The van der Waals surface area contributed by atoms with E-state index >= 15 is 0 Å². The second-order valence-corrected chi connectivity index (χ2v) is 11.9. The van der Waals surface area contributed by atoms with Crippen LogP contribution in [0.1, 0.15) is 56.8 Å². The SMILES string of the molecule is Cc1ccc(-c2ccc(C(c3ccccc3)c3ccc(C)c(-c4cc(C)ccc4CCCc4ccccc4)c3)cc2)cc1. The highest BCUT2D eigenvalue weighted by atomic mass is 14.2. The predicted molar refractivity (Wildman–Crippen MR) is 184 cm³/mol. The Balaban J connectivity index is 1.36. The summed E-state index contributed by atoms with van der Waals surface area (Å²) in [4.78, 5) is 0. The molecule has 6 aromatic rings. The summed E-state index contributed by atoms with van der Waals surface area (Å²) in [7, 11) is 0. The Hall–Kier alpha value is -4.68. The van der Waals surface area contributed by atoms with Crippen LogP contribution in [0.2, 0.25) is 0 Å². The Bertz CT molecular complexity index is 1780.